The van der Waals surface area contributed by atoms with Gasteiger partial charge in [0.25, 0.3) is 5.91 Å². The third kappa shape index (κ3) is 5.19. The van der Waals surface area contributed by atoms with Gasteiger partial charge >= 0.3 is 0 Å². The largest absolute Gasteiger partial charge is 0.489 e. The minimum atomic E-state index is -0.276. The van der Waals surface area contributed by atoms with E-state index in [-0.39, 0.29) is 5.91 Å². The van der Waals surface area contributed by atoms with Crippen LogP contribution in [0.3, 0.4) is 0 Å². The van der Waals surface area contributed by atoms with Crippen molar-refractivity contribution in [2.75, 3.05) is 0 Å². The second-order valence-electron chi connectivity index (χ2n) is 5.55. The van der Waals surface area contributed by atoms with Gasteiger partial charge < -0.3 is 4.74 Å². The maximum atomic E-state index is 12.1. The average Bonchev–Trinajstić information content (AvgIpc) is 2.69. The lowest BCUT2D eigenvalue weighted by molar-refractivity contribution is 0.0955. The first-order valence-electron chi connectivity index (χ1n) is 8.06. The van der Waals surface area contributed by atoms with Gasteiger partial charge in [0.05, 0.1) is 6.21 Å². The summed E-state index contributed by atoms with van der Waals surface area (Å²) in [7, 11) is 0. The molecule has 1 amide bonds. The van der Waals surface area contributed by atoms with Crippen LogP contribution in [0.15, 0.2) is 84.0 Å². The topological polar surface area (TPSA) is 50.7 Å². The molecule has 0 atom stereocenters. The lowest BCUT2D eigenvalue weighted by Gasteiger charge is -2.07. The molecule has 0 radical (unpaired) electrons. The third-order valence-corrected chi connectivity index (χ3v) is 3.87. The molecule has 3 aromatic rings. The number of rotatable bonds is 6. The monoisotopic (exact) mass is 364 g/mol. The highest BCUT2D eigenvalue weighted by Crippen LogP contribution is 2.15. The van der Waals surface area contributed by atoms with Gasteiger partial charge in [0.1, 0.15) is 12.4 Å². The molecule has 1 N–H and O–H groups in total. The van der Waals surface area contributed by atoms with Crippen molar-refractivity contribution in [3.05, 3.63) is 101 Å². The van der Waals surface area contributed by atoms with Gasteiger partial charge in [-0.1, -0.05) is 54.1 Å². The summed E-state index contributed by atoms with van der Waals surface area (Å²) in [6.07, 6.45) is 1.60. The fraction of sp³-hybridized carbons (Fsp3) is 0.0476. The molecule has 0 saturated carbocycles. The van der Waals surface area contributed by atoms with E-state index in [0.717, 1.165) is 11.1 Å². The SMILES string of the molecule is O=C(N/N=C/c1ccccc1)c1ccc(OCc2ccc(Cl)cc2)cc1. The Hall–Kier alpha value is -3.11. The number of hydrogen-bond donors (Lipinski definition) is 1. The molecule has 26 heavy (non-hydrogen) atoms. The zero-order chi connectivity index (χ0) is 18.2. The van der Waals surface area contributed by atoms with Crippen molar-refractivity contribution in [3.63, 3.8) is 0 Å². The molecule has 0 fully saturated rings. The first-order chi connectivity index (χ1) is 12.7. The highest BCUT2D eigenvalue weighted by molar-refractivity contribution is 6.30. The van der Waals surface area contributed by atoms with E-state index < -0.39 is 0 Å². The maximum absolute atomic E-state index is 12.1. The van der Waals surface area contributed by atoms with Gasteiger partial charge in [-0.15, -0.1) is 0 Å². The predicted molar refractivity (Wildman–Crippen MR) is 104 cm³/mol. The minimum Gasteiger partial charge on any atom is -0.489 e. The smallest absolute Gasteiger partial charge is 0.271 e. The molecule has 5 heteroatoms. The summed E-state index contributed by atoms with van der Waals surface area (Å²) in [5.41, 5.74) is 4.95. The number of halogens is 1. The lowest BCUT2D eigenvalue weighted by atomic mass is 10.2. The van der Waals surface area contributed by atoms with E-state index in [9.17, 15) is 4.79 Å². The van der Waals surface area contributed by atoms with Gasteiger partial charge in [-0.2, -0.15) is 5.10 Å². The molecular formula is C21H17ClN2O2. The van der Waals surface area contributed by atoms with Crippen LogP contribution < -0.4 is 10.2 Å². The molecule has 130 valence electrons. The van der Waals surface area contributed by atoms with Crippen LogP contribution in [0.2, 0.25) is 5.02 Å². The molecule has 0 aliphatic rings. The van der Waals surface area contributed by atoms with E-state index >= 15 is 0 Å². The summed E-state index contributed by atoms with van der Waals surface area (Å²) >= 11 is 5.86. The van der Waals surface area contributed by atoms with Crippen molar-refractivity contribution in [2.45, 2.75) is 6.61 Å². The Kier molecular flexibility index (Phi) is 6.01. The molecule has 0 spiro atoms. The first-order valence-corrected chi connectivity index (χ1v) is 8.44. The molecular weight excluding hydrogens is 348 g/mol. The van der Waals surface area contributed by atoms with E-state index in [1.54, 1.807) is 30.5 Å². The van der Waals surface area contributed by atoms with Crippen LogP contribution in [0.25, 0.3) is 0 Å². The van der Waals surface area contributed by atoms with Crippen molar-refractivity contribution in [1.82, 2.24) is 5.43 Å². The number of carbonyl (C=O) groups is 1. The minimum absolute atomic E-state index is 0.276. The molecule has 0 aromatic heterocycles. The summed E-state index contributed by atoms with van der Waals surface area (Å²) in [6, 6.07) is 23.9. The fourth-order valence-corrected chi connectivity index (χ4v) is 2.34. The summed E-state index contributed by atoms with van der Waals surface area (Å²) in [6.45, 7) is 0.435. The molecule has 0 saturated heterocycles. The molecule has 0 unspecified atom stereocenters. The molecule has 4 nitrogen and oxygen atoms in total. The Morgan fingerprint density at radius 2 is 1.65 bits per heavy atom. The number of hydrazone groups is 1. The first kappa shape index (κ1) is 17.7. The molecule has 0 heterocycles. The molecule has 0 aliphatic heterocycles. The van der Waals surface area contributed by atoms with Crippen LogP contribution >= 0.6 is 11.6 Å². The Bertz CT molecular complexity index is 876. The number of benzene rings is 3. The zero-order valence-electron chi connectivity index (χ0n) is 13.9. The number of hydrogen-bond acceptors (Lipinski definition) is 3. The van der Waals surface area contributed by atoms with Gasteiger partial charge in [0.15, 0.2) is 0 Å². The second-order valence-corrected chi connectivity index (χ2v) is 5.99. The van der Waals surface area contributed by atoms with Crippen molar-refractivity contribution in [2.24, 2.45) is 5.10 Å². The summed E-state index contributed by atoms with van der Waals surface area (Å²) in [4.78, 5) is 12.1. The maximum Gasteiger partial charge on any atom is 0.271 e. The van der Waals surface area contributed by atoms with Gasteiger partial charge in [-0.05, 0) is 47.5 Å². The standard InChI is InChI=1S/C21H17ClN2O2/c22-19-10-6-17(7-11-19)15-26-20-12-8-18(9-13-20)21(25)24-23-14-16-4-2-1-3-5-16/h1-14H,15H2,(H,24,25)/b23-14+. The molecule has 0 aliphatic carbocycles. The van der Waals surface area contributed by atoms with Crippen molar-refractivity contribution in [1.29, 1.82) is 0 Å². The Balaban J connectivity index is 1.52. The van der Waals surface area contributed by atoms with E-state index in [2.05, 4.69) is 10.5 Å². The van der Waals surface area contributed by atoms with Crippen molar-refractivity contribution >= 4 is 23.7 Å². The Morgan fingerprint density at radius 3 is 2.35 bits per heavy atom. The van der Waals surface area contributed by atoms with E-state index in [0.29, 0.717) is 22.9 Å². The van der Waals surface area contributed by atoms with Crippen LogP contribution in [-0.4, -0.2) is 12.1 Å². The predicted octanol–water partition coefficient (Wildman–Crippen LogP) is 4.68. The lowest BCUT2D eigenvalue weighted by Crippen LogP contribution is -2.17. The van der Waals surface area contributed by atoms with Gasteiger partial charge in [-0.25, -0.2) is 5.43 Å². The number of ether oxygens (including phenoxy) is 1. The highest BCUT2D eigenvalue weighted by Gasteiger charge is 2.04. The Morgan fingerprint density at radius 1 is 0.962 bits per heavy atom. The normalized spacial score (nSPS) is 10.7. The van der Waals surface area contributed by atoms with Crippen molar-refractivity contribution in [3.8, 4) is 5.75 Å². The van der Waals surface area contributed by atoms with Gasteiger partial charge in [0.2, 0.25) is 0 Å². The second kappa shape index (κ2) is 8.83. The van der Waals surface area contributed by atoms with Crippen LogP contribution in [0.4, 0.5) is 0 Å². The summed E-state index contributed by atoms with van der Waals surface area (Å²) in [5, 5.41) is 4.65. The summed E-state index contributed by atoms with van der Waals surface area (Å²) < 4.78 is 5.70. The van der Waals surface area contributed by atoms with Gasteiger partial charge in [-0.3, -0.25) is 4.79 Å². The number of nitrogens with one attached hydrogen (secondary N) is 1. The van der Waals surface area contributed by atoms with Crippen LogP contribution in [0, 0.1) is 0 Å². The van der Waals surface area contributed by atoms with Crippen molar-refractivity contribution < 1.29 is 9.53 Å². The molecule has 0 bridgehead atoms. The Labute approximate surface area is 157 Å². The molecule has 3 aromatic carbocycles. The molecule has 3 rings (SSSR count). The number of nitrogens with zero attached hydrogens (tertiary/aromatic N) is 1. The van der Waals surface area contributed by atoms with Crippen LogP contribution in [0.5, 0.6) is 5.75 Å². The van der Waals surface area contributed by atoms with E-state index in [1.807, 2.05) is 54.6 Å². The highest BCUT2D eigenvalue weighted by atomic mass is 35.5. The zero-order valence-corrected chi connectivity index (χ0v) is 14.7. The van der Waals surface area contributed by atoms with Crippen LogP contribution in [0.1, 0.15) is 21.5 Å². The third-order valence-electron chi connectivity index (χ3n) is 3.61. The van der Waals surface area contributed by atoms with E-state index in [1.165, 1.54) is 0 Å². The van der Waals surface area contributed by atoms with Gasteiger partial charge in [0, 0.05) is 10.6 Å². The average molecular weight is 365 g/mol. The fourth-order valence-electron chi connectivity index (χ4n) is 2.22. The van der Waals surface area contributed by atoms with Crippen LogP contribution in [-0.2, 0) is 6.61 Å². The quantitative estimate of drug-likeness (QED) is 0.510. The number of amides is 1. The van der Waals surface area contributed by atoms with E-state index in [4.69, 9.17) is 16.3 Å². The summed E-state index contributed by atoms with van der Waals surface area (Å²) in [5.74, 6) is 0.408. The number of carbonyl (C=O) groups excluding carboxylic acids is 1.